The van der Waals surface area contributed by atoms with Crippen molar-refractivity contribution in [1.82, 2.24) is 0 Å². The van der Waals surface area contributed by atoms with Gasteiger partial charge in [0.05, 0.1) is 32.9 Å². The molecule has 0 saturated carbocycles. The molecule has 0 spiro atoms. The average Bonchev–Trinajstić information content (AvgIpc) is 2.65. The van der Waals surface area contributed by atoms with E-state index in [9.17, 15) is 15.4 Å². The lowest BCUT2D eigenvalue weighted by atomic mass is 9.96. The van der Waals surface area contributed by atoms with E-state index in [2.05, 4.69) is 5.10 Å². The van der Waals surface area contributed by atoms with Crippen LogP contribution in [0.15, 0.2) is 41.5 Å². The summed E-state index contributed by atoms with van der Waals surface area (Å²) in [6.45, 7) is 1.91. The van der Waals surface area contributed by atoms with Gasteiger partial charge in [0.15, 0.2) is 0 Å². The lowest BCUT2D eigenvalue weighted by Gasteiger charge is -2.09. The summed E-state index contributed by atoms with van der Waals surface area (Å²) in [5.41, 5.74) is 1.35. The van der Waals surface area contributed by atoms with Crippen molar-refractivity contribution in [2.75, 3.05) is 0 Å². The predicted molar refractivity (Wildman–Crippen MR) is 99.1 cm³/mol. The number of hydrogen-bond donors (Lipinski definition) is 1. The minimum atomic E-state index is -0.652. The van der Waals surface area contributed by atoms with E-state index in [1.54, 1.807) is 18.2 Å². The van der Waals surface area contributed by atoms with Crippen LogP contribution in [0, 0.1) is 39.7 Å². The van der Waals surface area contributed by atoms with E-state index < -0.39 is 4.92 Å². The Kier molecular flexibility index (Phi) is 5.69. The number of aryl methyl sites for hydroxylation is 1. The molecule has 8 heteroatoms. The average molecular weight is 366 g/mol. The van der Waals surface area contributed by atoms with Crippen LogP contribution < -0.4 is 5.84 Å². The number of benzene rings is 2. The standard InChI is InChI=1S/C18H12ClN5O2/c1-11-2-4-12(5-3-11)18(19)16(10-23-22)15-6-13(8-20)14(9-21)7-17(15)24(25)26/h2-7,10H,22H2,1H3/b18-16-,23-10+. The van der Waals surface area contributed by atoms with Crippen LogP contribution in [0.2, 0.25) is 0 Å². The topological polar surface area (TPSA) is 129 Å². The summed E-state index contributed by atoms with van der Waals surface area (Å²) in [5.74, 6) is 5.25. The number of nitro groups is 1. The molecule has 0 fully saturated rings. The molecule has 7 nitrogen and oxygen atoms in total. The SMILES string of the molecule is Cc1ccc(/C(Cl)=C(\C=N\N)c2cc(C#N)c(C#N)cc2[N+](=O)[O-])cc1. The number of nitriles is 2. The third-order valence-electron chi connectivity index (χ3n) is 3.61. The van der Waals surface area contributed by atoms with Gasteiger partial charge in [-0.2, -0.15) is 15.6 Å². The van der Waals surface area contributed by atoms with Gasteiger partial charge in [-0.15, -0.1) is 0 Å². The lowest BCUT2D eigenvalue weighted by Crippen LogP contribution is -2.01. The fourth-order valence-corrected chi connectivity index (χ4v) is 2.59. The number of hydrazone groups is 1. The molecule has 0 atom stereocenters. The zero-order valence-electron chi connectivity index (χ0n) is 13.6. The van der Waals surface area contributed by atoms with E-state index in [-0.39, 0.29) is 33.0 Å². The highest BCUT2D eigenvalue weighted by molar-refractivity contribution is 6.56. The van der Waals surface area contributed by atoms with Crippen molar-refractivity contribution in [1.29, 1.82) is 10.5 Å². The molecule has 26 heavy (non-hydrogen) atoms. The Balaban J connectivity index is 2.85. The van der Waals surface area contributed by atoms with E-state index in [1.165, 1.54) is 12.3 Å². The largest absolute Gasteiger partial charge is 0.323 e. The molecular formula is C18H12ClN5O2. The first kappa shape index (κ1) is 18.7. The van der Waals surface area contributed by atoms with Crippen molar-refractivity contribution in [3.63, 3.8) is 0 Å². The number of nitro benzene ring substituents is 1. The highest BCUT2D eigenvalue weighted by Gasteiger charge is 2.23. The summed E-state index contributed by atoms with van der Waals surface area (Å²) in [6, 6.07) is 13.1. The summed E-state index contributed by atoms with van der Waals surface area (Å²) >= 11 is 6.45. The van der Waals surface area contributed by atoms with E-state index >= 15 is 0 Å². The molecule has 2 N–H and O–H groups in total. The van der Waals surface area contributed by atoms with Crippen LogP contribution in [0.25, 0.3) is 10.6 Å². The molecule has 0 bridgehead atoms. The number of nitrogens with zero attached hydrogens (tertiary/aromatic N) is 4. The van der Waals surface area contributed by atoms with Crippen LogP contribution >= 0.6 is 11.6 Å². The van der Waals surface area contributed by atoms with Crippen molar-refractivity contribution in [3.05, 3.63) is 74.3 Å². The van der Waals surface area contributed by atoms with E-state index in [1.807, 2.05) is 25.1 Å². The smallest absolute Gasteiger partial charge is 0.278 e. The zero-order valence-corrected chi connectivity index (χ0v) is 14.4. The summed E-state index contributed by atoms with van der Waals surface area (Å²) in [7, 11) is 0. The lowest BCUT2D eigenvalue weighted by molar-refractivity contribution is -0.385. The Morgan fingerprint density at radius 2 is 1.81 bits per heavy atom. The molecule has 0 aliphatic rings. The third-order valence-corrected chi connectivity index (χ3v) is 4.03. The first-order valence-electron chi connectivity index (χ1n) is 7.26. The zero-order chi connectivity index (χ0) is 19.3. The molecule has 2 rings (SSSR count). The normalized spacial score (nSPS) is 11.5. The van der Waals surface area contributed by atoms with Crippen molar-refractivity contribution < 1.29 is 4.92 Å². The molecule has 2 aromatic carbocycles. The maximum atomic E-state index is 11.5. The maximum Gasteiger partial charge on any atom is 0.278 e. The second-order valence-corrected chi connectivity index (χ2v) is 5.65. The fraction of sp³-hybridized carbons (Fsp3) is 0.0556. The van der Waals surface area contributed by atoms with Crippen LogP contribution in [0.4, 0.5) is 5.69 Å². The highest BCUT2D eigenvalue weighted by Crippen LogP contribution is 2.35. The van der Waals surface area contributed by atoms with Crippen LogP contribution in [-0.4, -0.2) is 11.1 Å². The van der Waals surface area contributed by atoms with E-state index in [0.29, 0.717) is 5.56 Å². The maximum absolute atomic E-state index is 11.5. The van der Waals surface area contributed by atoms with Gasteiger partial charge in [0.1, 0.15) is 12.1 Å². The van der Waals surface area contributed by atoms with E-state index in [0.717, 1.165) is 11.6 Å². The minimum absolute atomic E-state index is 0.00982. The van der Waals surface area contributed by atoms with Gasteiger partial charge in [0, 0.05) is 11.6 Å². The summed E-state index contributed by atoms with van der Waals surface area (Å²) in [5, 5.41) is 33.4. The van der Waals surface area contributed by atoms with Gasteiger partial charge >= 0.3 is 0 Å². The second kappa shape index (κ2) is 7.93. The molecule has 0 amide bonds. The molecule has 0 heterocycles. The molecule has 0 radical (unpaired) electrons. The molecule has 2 aromatic rings. The molecule has 0 aliphatic carbocycles. The minimum Gasteiger partial charge on any atom is -0.323 e. The van der Waals surface area contributed by atoms with Gasteiger partial charge in [0.2, 0.25) is 0 Å². The molecule has 0 saturated heterocycles. The number of halogens is 1. The van der Waals surface area contributed by atoms with Crippen molar-refractivity contribution >= 4 is 34.1 Å². The molecule has 128 valence electrons. The van der Waals surface area contributed by atoms with Crippen molar-refractivity contribution in [3.8, 4) is 12.1 Å². The van der Waals surface area contributed by atoms with E-state index in [4.69, 9.17) is 22.7 Å². The second-order valence-electron chi connectivity index (χ2n) is 5.27. The van der Waals surface area contributed by atoms with Crippen LogP contribution in [0.5, 0.6) is 0 Å². The number of rotatable bonds is 4. The summed E-state index contributed by atoms with van der Waals surface area (Å²) in [4.78, 5) is 10.8. The molecular weight excluding hydrogens is 354 g/mol. The van der Waals surface area contributed by atoms with Gasteiger partial charge in [-0.3, -0.25) is 10.1 Å². The first-order valence-corrected chi connectivity index (χ1v) is 7.63. The van der Waals surface area contributed by atoms with Crippen LogP contribution in [-0.2, 0) is 0 Å². The van der Waals surface area contributed by atoms with Crippen LogP contribution in [0.3, 0.4) is 0 Å². The summed E-state index contributed by atoms with van der Waals surface area (Å²) < 4.78 is 0. The third kappa shape index (κ3) is 3.69. The molecule has 0 aromatic heterocycles. The quantitative estimate of drug-likeness (QED) is 0.290. The number of hydrogen-bond acceptors (Lipinski definition) is 6. The molecule has 0 aliphatic heterocycles. The van der Waals surface area contributed by atoms with Gasteiger partial charge in [-0.1, -0.05) is 41.4 Å². The van der Waals surface area contributed by atoms with Crippen LogP contribution in [0.1, 0.15) is 27.8 Å². The Morgan fingerprint density at radius 1 is 1.23 bits per heavy atom. The van der Waals surface area contributed by atoms with Gasteiger partial charge in [-0.25, -0.2) is 0 Å². The number of allylic oxidation sites excluding steroid dienone is 1. The van der Waals surface area contributed by atoms with Crippen molar-refractivity contribution in [2.24, 2.45) is 10.9 Å². The van der Waals surface area contributed by atoms with Crippen molar-refractivity contribution in [2.45, 2.75) is 6.92 Å². The van der Waals surface area contributed by atoms with Gasteiger partial charge in [0.25, 0.3) is 5.69 Å². The Labute approximate surface area is 154 Å². The Bertz CT molecular complexity index is 1010. The Morgan fingerprint density at radius 3 is 2.31 bits per heavy atom. The number of nitrogens with two attached hydrogens (primary N) is 1. The first-order chi connectivity index (χ1) is 12.4. The van der Waals surface area contributed by atoms with Gasteiger partial charge < -0.3 is 5.84 Å². The monoisotopic (exact) mass is 365 g/mol. The predicted octanol–water partition coefficient (Wildman–Crippen LogP) is 3.70. The summed E-state index contributed by atoms with van der Waals surface area (Å²) in [6.07, 6.45) is 1.18. The highest BCUT2D eigenvalue weighted by atomic mass is 35.5. The molecule has 0 unspecified atom stereocenters. The Hall–Kier alpha value is -3.68. The fourth-order valence-electron chi connectivity index (χ4n) is 2.31. The van der Waals surface area contributed by atoms with Gasteiger partial charge in [-0.05, 0) is 18.6 Å².